The Morgan fingerprint density at radius 1 is 1.00 bits per heavy atom. The van der Waals surface area contributed by atoms with Gasteiger partial charge in [-0.3, -0.25) is 19.8 Å². The molecule has 0 spiro atoms. The van der Waals surface area contributed by atoms with Crippen molar-refractivity contribution in [1.29, 1.82) is 5.41 Å². The zero-order valence-corrected chi connectivity index (χ0v) is 21.5. The van der Waals surface area contributed by atoms with E-state index in [1.54, 1.807) is 7.05 Å². The number of nitrogens with one attached hydrogen (secondary N) is 7. The van der Waals surface area contributed by atoms with Crippen LogP contribution >= 0.6 is 0 Å². The summed E-state index contributed by atoms with van der Waals surface area (Å²) in [6, 6.07) is 5.29. The fraction of sp³-hybridized carbons (Fsp3) is 0.520. The van der Waals surface area contributed by atoms with Crippen molar-refractivity contribution in [2.75, 3.05) is 20.6 Å². The zero-order chi connectivity index (χ0) is 26.7. The lowest BCUT2D eigenvalue weighted by atomic mass is 10.0. The van der Waals surface area contributed by atoms with Crippen LogP contribution in [-0.4, -0.2) is 67.4 Å². The third-order valence-electron chi connectivity index (χ3n) is 5.89. The number of aromatic nitrogens is 1. The maximum atomic E-state index is 13.3. The topological polar surface area (TPSA) is 177 Å². The third kappa shape index (κ3) is 8.56. The first-order chi connectivity index (χ1) is 17.2. The monoisotopic (exact) mass is 500 g/mol. The van der Waals surface area contributed by atoms with Gasteiger partial charge in [-0.2, -0.15) is 0 Å². The van der Waals surface area contributed by atoms with E-state index in [-0.39, 0.29) is 24.2 Å². The molecule has 0 saturated carbocycles. The highest BCUT2D eigenvalue weighted by Crippen LogP contribution is 2.19. The fourth-order valence-electron chi connectivity index (χ4n) is 3.95. The highest BCUT2D eigenvalue weighted by molar-refractivity contribution is 5.93. The number of likely N-dealkylation sites (N-methyl/N-ethyl adjacent to an activating group) is 1. The van der Waals surface area contributed by atoms with Gasteiger partial charge < -0.3 is 37.3 Å². The Hall–Kier alpha value is -3.60. The molecule has 0 aliphatic heterocycles. The molecule has 2 rings (SSSR count). The van der Waals surface area contributed by atoms with Crippen LogP contribution in [0.5, 0.6) is 0 Å². The molecular formula is C25H40N8O3. The number of amides is 3. The van der Waals surface area contributed by atoms with Crippen molar-refractivity contribution in [3.8, 4) is 0 Å². The van der Waals surface area contributed by atoms with Crippen LogP contribution in [0.25, 0.3) is 10.9 Å². The van der Waals surface area contributed by atoms with E-state index in [4.69, 9.17) is 11.1 Å². The molecule has 2 aromatic rings. The quantitative estimate of drug-likeness (QED) is 0.112. The van der Waals surface area contributed by atoms with Crippen LogP contribution in [0.1, 0.15) is 38.7 Å². The van der Waals surface area contributed by atoms with Gasteiger partial charge in [0, 0.05) is 44.2 Å². The largest absolute Gasteiger partial charge is 0.361 e. The lowest BCUT2D eigenvalue weighted by Gasteiger charge is -2.24. The zero-order valence-electron chi connectivity index (χ0n) is 21.5. The molecule has 0 aliphatic rings. The normalized spacial score (nSPS) is 13.5. The van der Waals surface area contributed by atoms with Gasteiger partial charge in [0.15, 0.2) is 5.96 Å². The molecule has 9 N–H and O–H groups in total. The minimum atomic E-state index is -0.878. The number of carbonyl (C=O) groups excluding carboxylic acids is 3. The number of aromatic amines is 1. The first kappa shape index (κ1) is 28.6. The highest BCUT2D eigenvalue weighted by Gasteiger charge is 2.28. The minimum Gasteiger partial charge on any atom is -0.361 e. The smallest absolute Gasteiger partial charge is 0.243 e. The first-order valence-electron chi connectivity index (χ1n) is 12.3. The number of carbonyl (C=O) groups is 3. The van der Waals surface area contributed by atoms with E-state index in [0.29, 0.717) is 25.8 Å². The Bertz CT molecular complexity index is 1040. The van der Waals surface area contributed by atoms with Gasteiger partial charge in [-0.05, 0) is 36.8 Å². The Kier molecular flexibility index (Phi) is 11.2. The molecule has 198 valence electrons. The number of fused-ring (bicyclic) bond motifs is 1. The van der Waals surface area contributed by atoms with Crippen molar-refractivity contribution >= 4 is 34.6 Å². The van der Waals surface area contributed by atoms with E-state index in [0.717, 1.165) is 16.5 Å². The molecule has 1 heterocycles. The summed E-state index contributed by atoms with van der Waals surface area (Å²) < 4.78 is 0. The van der Waals surface area contributed by atoms with Crippen LogP contribution < -0.4 is 32.3 Å². The summed E-state index contributed by atoms with van der Waals surface area (Å²) >= 11 is 0. The van der Waals surface area contributed by atoms with Crippen LogP contribution in [-0.2, 0) is 20.8 Å². The molecule has 3 atom stereocenters. The van der Waals surface area contributed by atoms with Crippen molar-refractivity contribution in [3.05, 3.63) is 36.0 Å². The van der Waals surface area contributed by atoms with Crippen molar-refractivity contribution in [2.24, 2.45) is 11.7 Å². The van der Waals surface area contributed by atoms with Crippen LogP contribution in [0, 0.1) is 11.3 Å². The molecule has 36 heavy (non-hydrogen) atoms. The van der Waals surface area contributed by atoms with Crippen LogP contribution in [0.3, 0.4) is 0 Å². The molecule has 0 saturated heterocycles. The summed E-state index contributed by atoms with van der Waals surface area (Å²) in [6.07, 6.45) is 3.42. The number of benzene rings is 1. The maximum Gasteiger partial charge on any atom is 0.243 e. The average molecular weight is 501 g/mol. The maximum absolute atomic E-state index is 13.3. The molecule has 0 radical (unpaired) electrons. The molecular weight excluding hydrogens is 460 g/mol. The molecule has 1 aromatic heterocycles. The van der Waals surface area contributed by atoms with Crippen molar-refractivity contribution < 1.29 is 14.4 Å². The average Bonchev–Trinajstić information content (AvgIpc) is 3.26. The number of rotatable bonds is 13. The molecule has 0 aliphatic carbocycles. The van der Waals surface area contributed by atoms with Crippen LogP contribution in [0.4, 0.5) is 0 Å². The lowest BCUT2D eigenvalue weighted by molar-refractivity contribution is -0.132. The van der Waals surface area contributed by atoms with Crippen LogP contribution in [0.2, 0.25) is 0 Å². The van der Waals surface area contributed by atoms with Crippen molar-refractivity contribution in [1.82, 2.24) is 31.6 Å². The molecule has 0 unspecified atom stereocenters. The Balaban J connectivity index is 2.15. The van der Waals surface area contributed by atoms with Crippen molar-refractivity contribution in [3.63, 3.8) is 0 Å². The second kappa shape index (κ2) is 14.1. The van der Waals surface area contributed by atoms with Gasteiger partial charge in [-0.15, -0.1) is 0 Å². The van der Waals surface area contributed by atoms with E-state index in [2.05, 4.69) is 31.6 Å². The summed E-state index contributed by atoms with van der Waals surface area (Å²) in [5.41, 5.74) is 7.87. The Morgan fingerprint density at radius 2 is 1.69 bits per heavy atom. The summed E-state index contributed by atoms with van der Waals surface area (Å²) in [4.78, 5) is 41.9. The second-order valence-corrected chi connectivity index (χ2v) is 9.23. The van der Waals surface area contributed by atoms with Gasteiger partial charge in [0.2, 0.25) is 17.7 Å². The molecule has 1 aromatic carbocycles. The molecule has 11 nitrogen and oxygen atoms in total. The van der Waals surface area contributed by atoms with E-state index >= 15 is 0 Å². The third-order valence-corrected chi connectivity index (χ3v) is 5.89. The molecule has 0 bridgehead atoms. The van der Waals surface area contributed by atoms with E-state index in [1.165, 1.54) is 7.05 Å². The first-order valence-corrected chi connectivity index (χ1v) is 12.3. The van der Waals surface area contributed by atoms with Crippen molar-refractivity contribution in [2.45, 2.75) is 57.7 Å². The van der Waals surface area contributed by atoms with Gasteiger partial charge in [0.05, 0.1) is 6.04 Å². The molecule has 0 fully saturated rings. The van der Waals surface area contributed by atoms with Gasteiger partial charge >= 0.3 is 0 Å². The SMILES string of the molecule is CNC(=N)NCCC[C@H](NC(=O)[C@@H](N)CC(C)C)C(=O)N[C@@H](Cc1c[nH]c2ccccc12)C(=O)NC. The highest BCUT2D eigenvalue weighted by atomic mass is 16.2. The summed E-state index contributed by atoms with van der Waals surface area (Å²) in [5.74, 6) is -0.814. The van der Waals surface area contributed by atoms with Crippen LogP contribution in [0.15, 0.2) is 30.5 Å². The van der Waals surface area contributed by atoms with Gasteiger partial charge in [-0.25, -0.2) is 0 Å². The number of hydrogen-bond acceptors (Lipinski definition) is 5. The summed E-state index contributed by atoms with van der Waals surface area (Å²) in [5, 5.41) is 22.3. The van der Waals surface area contributed by atoms with Gasteiger partial charge in [0.1, 0.15) is 12.1 Å². The Morgan fingerprint density at radius 3 is 2.36 bits per heavy atom. The summed E-state index contributed by atoms with van der Waals surface area (Å²) in [6.45, 7) is 4.38. The second-order valence-electron chi connectivity index (χ2n) is 9.23. The number of para-hydroxylation sites is 1. The molecule has 11 heteroatoms. The van der Waals surface area contributed by atoms with Gasteiger partial charge in [-0.1, -0.05) is 32.0 Å². The van der Waals surface area contributed by atoms with E-state index < -0.39 is 29.9 Å². The van der Waals surface area contributed by atoms with E-state index in [9.17, 15) is 14.4 Å². The molecule has 3 amide bonds. The Labute approximate surface area is 212 Å². The fourth-order valence-corrected chi connectivity index (χ4v) is 3.95. The van der Waals surface area contributed by atoms with Gasteiger partial charge in [0.25, 0.3) is 0 Å². The predicted octanol–water partition coefficient (Wildman–Crippen LogP) is 0.323. The number of hydrogen-bond donors (Lipinski definition) is 8. The summed E-state index contributed by atoms with van der Waals surface area (Å²) in [7, 11) is 3.15. The number of guanidine groups is 1. The number of nitrogens with two attached hydrogens (primary N) is 1. The number of H-pyrrole nitrogens is 1. The predicted molar refractivity (Wildman–Crippen MR) is 141 cm³/mol. The van der Waals surface area contributed by atoms with E-state index in [1.807, 2.05) is 44.3 Å². The standard InChI is InChI=1S/C25H40N8O3/c1-15(2)12-18(26)22(34)32-20(10-7-11-30-25(27)29-4)24(36)33-21(23(35)28-3)13-16-14-31-19-9-6-5-8-17(16)19/h5-6,8-9,14-15,18,20-21,31H,7,10-13,26H2,1-4H3,(H,28,35)(H,32,34)(H,33,36)(H3,27,29,30)/t18-,20-,21-/m0/s1. The minimum absolute atomic E-state index is 0.164. The lowest BCUT2D eigenvalue weighted by Crippen LogP contribution is -2.56.